The summed E-state index contributed by atoms with van der Waals surface area (Å²) in [6.45, 7) is 3.61. The van der Waals surface area contributed by atoms with E-state index in [-0.39, 0.29) is 5.91 Å². The molecule has 3 rings (SSSR count). The van der Waals surface area contributed by atoms with Crippen LogP contribution in [0.4, 0.5) is 0 Å². The second-order valence-corrected chi connectivity index (χ2v) is 5.39. The minimum atomic E-state index is -0.212. The van der Waals surface area contributed by atoms with Crippen molar-refractivity contribution >= 4 is 11.6 Å². The molecule has 1 aromatic heterocycles. The fourth-order valence-corrected chi connectivity index (χ4v) is 2.70. The number of furan rings is 1. The van der Waals surface area contributed by atoms with Crippen molar-refractivity contribution in [2.75, 3.05) is 0 Å². The average molecular weight is 282 g/mol. The van der Waals surface area contributed by atoms with Gasteiger partial charge in [-0.2, -0.15) is 5.10 Å². The van der Waals surface area contributed by atoms with E-state index in [1.165, 1.54) is 11.1 Å². The molecule has 0 spiro atoms. The summed E-state index contributed by atoms with van der Waals surface area (Å²) in [6.07, 6.45) is 2.68. The van der Waals surface area contributed by atoms with Crippen LogP contribution in [-0.2, 0) is 12.8 Å². The summed E-state index contributed by atoms with van der Waals surface area (Å²) in [7, 11) is 0. The molecule has 0 fully saturated rings. The predicted octanol–water partition coefficient (Wildman–Crippen LogP) is 3.17. The Morgan fingerprint density at radius 3 is 2.67 bits per heavy atom. The van der Waals surface area contributed by atoms with E-state index in [2.05, 4.69) is 28.7 Å². The van der Waals surface area contributed by atoms with Crippen LogP contribution in [0.2, 0.25) is 0 Å². The van der Waals surface area contributed by atoms with Gasteiger partial charge in [-0.15, -0.1) is 0 Å². The lowest BCUT2D eigenvalue weighted by Crippen LogP contribution is -2.22. The zero-order valence-electron chi connectivity index (χ0n) is 12.3. The number of nitrogens with one attached hydrogen (secondary N) is 1. The Labute approximate surface area is 123 Å². The molecule has 1 N–H and O–H groups in total. The topological polar surface area (TPSA) is 54.6 Å². The molecular weight excluding hydrogens is 264 g/mol. The number of amides is 1. The van der Waals surface area contributed by atoms with Crippen molar-refractivity contribution in [1.29, 1.82) is 0 Å². The van der Waals surface area contributed by atoms with E-state index in [4.69, 9.17) is 4.42 Å². The highest BCUT2D eigenvalue weighted by Gasteiger charge is 2.16. The summed E-state index contributed by atoms with van der Waals surface area (Å²) in [5, 5.41) is 4.28. The van der Waals surface area contributed by atoms with Gasteiger partial charge in [0.2, 0.25) is 0 Å². The Hall–Kier alpha value is -2.36. The van der Waals surface area contributed by atoms with Gasteiger partial charge in [0.1, 0.15) is 11.5 Å². The summed E-state index contributed by atoms with van der Waals surface area (Å²) < 4.78 is 5.36. The summed E-state index contributed by atoms with van der Waals surface area (Å²) in [5.41, 5.74) is 6.88. The fraction of sp³-hybridized carbons (Fsp3) is 0.294. The molecular formula is C17H18N2O2. The minimum absolute atomic E-state index is 0.212. The van der Waals surface area contributed by atoms with E-state index in [9.17, 15) is 4.79 Å². The first-order valence-electron chi connectivity index (χ1n) is 7.13. The van der Waals surface area contributed by atoms with Crippen molar-refractivity contribution in [3.63, 3.8) is 0 Å². The van der Waals surface area contributed by atoms with E-state index in [1.54, 1.807) is 13.0 Å². The maximum atomic E-state index is 12.1. The van der Waals surface area contributed by atoms with E-state index >= 15 is 0 Å². The summed E-state index contributed by atoms with van der Waals surface area (Å²) >= 11 is 0. The first kappa shape index (κ1) is 13.6. The largest absolute Gasteiger partial charge is 0.466 e. The standard InChI is InChI=1S/C17H18N2O2/c1-11-9-16(12(2)21-11)17(20)19-18-15-8-7-13-5-3-4-6-14(13)10-15/h3-6,9H,7-8,10H2,1-2H3,(H,19,20)/b18-15-. The Balaban J connectivity index is 1.70. The van der Waals surface area contributed by atoms with Crippen LogP contribution < -0.4 is 5.43 Å². The number of carbonyl (C=O) groups excluding carboxylic acids is 1. The molecule has 21 heavy (non-hydrogen) atoms. The van der Waals surface area contributed by atoms with Crippen molar-refractivity contribution in [3.05, 3.63) is 58.5 Å². The van der Waals surface area contributed by atoms with Crippen molar-refractivity contribution in [2.45, 2.75) is 33.1 Å². The van der Waals surface area contributed by atoms with Gasteiger partial charge in [0, 0.05) is 12.1 Å². The Kier molecular flexibility index (Phi) is 3.60. The molecule has 0 atom stereocenters. The molecule has 0 bridgehead atoms. The Morgan fingerprint density at radius 1 is 1.19 bits per heavy atom. The molecule has 1 amide bonds. The number of rotatable bonds is 2. The van der Waals surface area contributed by atoms with Gasteiger partial charge in [0.05, 0.1) is 5.56 Å². The lowest BCUT2D eigenvalue weighted by Gasteiger charge is -2.17. The Morgan fingerprint density at radius 2 is 1.95 bits per heavy atom. The lowest BCUT2D eigenvalue weighted by atomic mass is 9.90. The number of hydrogen-bond donors (Lipinski definition) is 1. The third-order valence-electron chi connectivity index (χ3n) is 3.80. The second kappa shape index (κ2) is 5.56. The lowest BCUT2D eigenvalue weighted by molar-refractivity contribution is 0.0953. The molecule has 1 aromatic carbocycles. The van der Waals surface area contributed by atoms with Crippen LogP contribution in [0.1, 0.15) is 39.4 Å². The van der Waals surface area contributed by atoms with Gasteiger partial charge >= 0.3 is 0 Å². The molecule has 1 aliphatic rings. The number of hydrazone groups is 1. The number of nitrogens with zero attached hydrogens (tertiary/aromatic N) is 1. The monoisotopic (exact) mass is 282 g/mol. The fourth-order valence-electron chi connectivity index (χ4n) is 2.70. The van der Waals surface area contributed by atoms with Crippen LogP contribution in [0.15, 0.2) is 39.9 Å². The van der Waals surface area contributed by atoms with Gasteiger partial charge in [-0.3, -0.25) is 4.79 Å². The molecule has 1 heterocycles. The van der Waals surface area contributed by atoms with Gasteiger partial charge in [-0.05, 0) is 43.9 Å². The quantitative estimate of drug-likeness (QED) is 0.860. The van der Waals surface area contributed by atoms with Gasteiger partial charge in [0.15, 0.2) is 0 Å². The predicted molar refractivity (Wildman–Crippen MR) is 81.6 cm³/mol. The highest BCUT2D eigenvalue weighted by molar-refractivity contribution is 5.97. The zero-order valence-corrected chi connectivity index (χ0v) is 12.3. The highest BCUT2D eigenvalue weighted by atomic mass is 16.3. The minimum Gasteiger partial charge on any atom is -0.466 e. The summed E-state index contributed by atoms with van der Waals surface area (Å²) in [5.74, 6) is 1.15. The molecule has 1 aliphatic carbocycles. The van der Waals surface area contributed by atoms with Crippen molar-refractivity contribution in [3.8, 4) is 0 Å². The molecule has 0 aliphatic heterocycles. The van der Waals surface area contributed by atoms with Gasteiger partial charge in [-0.25, -0.2) is 5.43 Å². The van der Waals surface area contributed by atoms with E-state index in [0.29, 0.717) is 11.3 Å². The first-order valence-corrected chi connectivity index (χ1v) is 7.13. The van der Waals surface area contributed by atoms with Crippen LogP contribution in [0.3, 0.4) is 0 Å². The average Bonchev–Trinajstić information content (AvgIpc) is 2.83. The smallest absolute Gasteiger partial charge is 0.274 e. The van der Waals surface area contributed by atoms with Crippen LogP contribution >= 0.6 is 0 Å². The SMILES string of the molecule is Cc1cc(C(=O)N/N=C2/CCc3ccccc3C2)c(C)o1. The zero-order chi connectivity index (χ0) is 14.8. The van der Waals surface area contributed by atoms with Crippen molar-refractivity contribution in [1.82, 2.24) is 5.43 Å². The van der Waals surface area contributed by atoms with Crippen LogP contribution in [0.25, 0.3) is 0 Å². The molecule has 0 saturated carbocycles. The normalized spacial score (nSPS) is 15.8. The molecule has 4 heteroatoms. The van der Waals surface area contributed by atoms with Crippen LogP contribution in [0, 0.1) is 13.8 Å². The molecule has 0 unspecified atom stereocenters. The highest BCUT2D eigenvalue weighted by Crippen LogP contribution is 2.19. The van der Waals surface area contributed by atoms with Crippen LogP contribution in [-0.4, -0.2) is 11.6 Å². The van der Waals surface area contributed by atoms with Gasteiger partial charge in [-0.1, -0.05) is 24.3 Å². The second-order valence-electron chi connectivity index (χ2n) is 5.39. The van der Waals surface area contributed by atoms with Gasteiger partial charge in [0.25, 0.3) is 5.91 Å². The van der Waals surface area contributed by atoms with E-state index in [0.717, 1.165) is 30.7 Å². The summed E-state index contributed by atoms with van der Waals surface area (Å²) in [4.78, 5) is 12.1. The van der Waals surface area contributed by atoms with E-state index < -0.39 is 0 Å². The molecule has 108 valence electrons. The number of carbonyl (C=O) groups is 1. The van der Waals surface area contributed by atoms with Crippen molar-refractivity contribution < 1.29 is 9.21 Å². The first-order chi connectivity index (χ1) is 10.1. The molecule has 4 nitrogen and oxygen atoms in total. The number of hydrogen-bond acceptors (Lipinski definition) is 3. The van der Waals surface area contributed by atoms with Crippen molar-refractivity contribution in [2.24, 2.45) is 5.10 Å². The van der Waals surface area contributed by atoms with E-state index in [1.807, 2.05) is 13.0 Å². The third kappa shape index (κ3) is 2.89. The maximum Gasteiger partial charge on any atom is 0.274 e. The maximum absolute atomic E-state index is 12.1. The number of benzene rings is 1. The van der Waals surface area contributed by atoms with Gasteiger partial charge < -0.3 is 4.42 Å². The summed E-state index contributed by atoms with van der Waals surface area (Å²) in [6, 6.07) is 10.1. The van der Waals surface area contributed by atoms with Crippen LogP contribution in [0.5, 0.6) is 0 Å². The number of fused-ring (bicyclic) bond motifs is 1. The Bertz CT molecular complexity index is 713. The number of aryl methyl sites for hydroxylation is 3. The third-order valence-corrected chi connectivity index (χ3v) is 3.80. The molecule has 0 saturated heterocycles. The molecule has 2 aromatic rings. The molecule has 0 radical (unpaired) electrons.